The zero-order valence-corrected chi connectivity index (χ0v) is 24.5. The van der Waals surface area contributed by atoms with Crippen LogP contribution in [-0.2, 0) is 30.4 Å². The molecule has 0 radical (unpaired) electrons. The van der Waals surface area contributed by atoms with Gasteiger partial charge in [0.25, 0.3) is 0 Å². The number of guanidine groups is 1. The van der Waals surface area contributed by atoms with Crippen LogP contribution in [0.2, 0.25) is 0 Å². The molecule has 242 valence electrons. The van der Waals surface area contributed by atoms with Crippen LogP contribution in [-0.4, -0.2) is 88.1 Å². The Balaban J connectivity index is 2.17. The average Bonchev–Trinajstić information content (AvgIpc) is 3.38. The summed E-state index contributed by atoms with van der Waals surface area (Å²) in [6.45, 7) is 0.494. The maximum atomic E-state index is 13.4. The van der Waals surface area contributed by atoms with Gasteiger partial charge in [-0.2, -0.15) is 0 Å². The molecule has 0 fully saturated rings. The van der Waals surface area contributed by atoms with Gasteiger partial charge in [0.05, 0.1) is 6.04 Å². The molecule has 1 aromatic carbocycles. The Morgan fingerprint density at radius 2 is 1.45 bits per heavy atom. The van der Waals surface area contributed by atoms with E-state index in [2.05, 4.69) is 25.9 Å². The standard InChI is InChI=1S/C28H43N9O7/c29-12-4-3-8-20(35-24(40)18(30)14-16-15-34-19-7-2-1-6-17(16)19)25(41)36-21(9-5-13-33-28(31)32)26(42)37-22(27(43)44)10-11-23(38)39/h1-2,6-7,15,18,20-22,34H,3-5,8-14,29-30H2,(H,35,40)(H,36,41)(H,37,42)(H,38,39)(H,43,44)(H4,31,32,33). The number of amides is 3. The first-order chi connectivity index (χ1) is 20.9. The molecule has 16 nitrogen and oxygen atoms in total. The highest BCUT2D eigenvalue weighted by atomic mass is 16.4. The van der Waals surface area contributed by atoms with Crippen molar-refractivity contribution in [3.63, 3.8) is 0 Å². The highest BCUT2D eigenvalue weighted by molar-refractivity contribution is 5.94. The Kier molecular flexibility index (Phi) is 14.6. The lowest BCUT2D eigenvalue weighted by molar-refractivity contribution is -0.143. The molecule has 0 saturated carbocycles. The van der Waals surface area contributed by atoms with Gasteiger partial charge in [-0.15, -0.1) is 0 Å². The summed E-state index contributed by atoms with van der Waals surface area (Å²) in [5.41, 5.74) is 24.3. The van der Waals surface area contributed by atoms with E-state index in [9.17, 15) is 29.1 Å². The van der Waals surface area contributed by atoms with Crippen molar-refractivity contribution in [1.29, 1.82) is 0 Å². The molecule has 1 heterocycles. The molecular weight excluding hydrogens is 574 g/mol. The number of carbonyl (C=O) groups excluding carboxylic acids is 3. The van der Waals surface area contributed by atoms with Crippen LogP contribution in [0.4, 0.5) is 0 Å². The molecule has 1 aromatic heterocycles. The van der Waals surface area contributed by atoms with Gasteiger partial charge in [-0.25, -0.2) is 4.79 Å². The van der Waals surface area contributed by atoms with E-state index in [-0.39, 0.29) is 44.6 Å². The van der Waals surface area contributed by atoms with Crippen molar-refractivity contribution >= 4 is 46.5 Å². The molecule has 16 heteroatoms. The molecule has 0 aliphatic carbocycles. The summed E-state index contributed by atoms with van der Waals surface area (Å²) in [5.74, 6) is -4.93. The van der Waals surface area contributed by atoms with Crippen molar-refractivity contribution < 1.29 is 34.2 Å². The van der Waals surface area contributed by atoms with Gasteiger partial charge in [-0.3, -0.25) is 24.2 Å². The Morgan fingerprint density at radius 1 is 0.841 bits per heavy atom. The van der Waals surface area contributed by atoms with E-state index in [1.165, 1.54) is 0 Å². The molecule has 0 aliphatic rings. The molecule has 0 saturated heterocycles. The molecule has 44 heavy (non-hydrogen) atoms. The number of carboxylic acid groups (broad SMARTS) is 2. The Morgan fingerprint density at radius 3 is 2.07 bits per heavy atom. The number of aromatic nitrogens is 1. The number of aliphatic carboxylic acids is 2. The predicted molar refractivity (Wildman–Crippen MR) is 163 cm³/mol. The number of rotatable bonds is 20. The van der Waals surface area contributed by atoms with Crippen LogP contribution in [0.3, 0.4) is 0 Å². The zero-order chi connectivity index (χ0) is 32.6. The van der Waals surface area contributed by atoms with Crippen molar-refractivity contribution in [1.82, 2.24) is 20.9 Å². The van der Waals surface area contributed by atoms with E-state index in [1.807, 2.05) is 24.3 Å². The third kappa shape index (κ3) is 11.9. The predicted octanol–water partition coefficient (Wildman–Crippen LogP) is -1.38. The van der Waals surface area contributed by atoms with Gasteiger partial charge in [0.15, 0.2) is 5.96 Å². The van der Waals surface area contributed by atoms with Crippen LogP contribution in [0, 0.1) is 0 Å². The number of hydrogen-bond acceptors (Lipinski definition) is 8. The van der Waals surface area contributed by atoms with Gasteiger partial charge >= 0.3 is 11.9 Å². The van der Waals surface area contributed by atoms with Crippen LogP contribution in [0.1, 0.15) is 50.5 Å². The maximum Gasteiger partial charge on any atom is 0.326 e. The molecule has 0 bridgehead atoms. The fourth-order valence-corrected chi connectivity index (χ4v) is 4.51. The Bertz CT molecular complexity index is 1310. The molecule has 14 N–H and O–H groups in total. The second kappa shape index (κ2) is 18.1. The summed E-state index contributed by atoms with van der Waals surface area (Å²) in [6.07, 6.45) is 2.64. The third-order valence-corrected chi connectivity index (χ3v) is 6.87. The minimum atomic E-state index is -1.50. The molecule has 0 aliphatic heterocycles. The summed E-state index contributed by atoms with van der Waals surface area (Å²) in [4.78, 5) is 69.2. The number of nitrogens with two attached hydrogens (primary N) is 4. The number of nitrogens with one attached hydrogen (secondary N) is 4. The summed E-state index contributed by atoms with van der Waals surface area (Å²) in [5, 5.41) is 26.9. The number of hydrogen-bond donors (Lipinski definition) is 10. The van der Waals surface area contributed by atoms with Crippen molar-refractivity contribution in [2.45, 2.75) is 75.5 Å². The number of carboxylic acids is 2. The normalized spacial score (nSPS) is 13.7. The summed E-state index contributed by atoms with van der Waals surface area (Å²) >= 11 is 0. The van der Waals surface area contributed by atoms with Gasteiger partial charge in [0.2, 0.25) is 17.7 Å². The number of nitrogens with zero attached hydrogens (tertiary/aromatic N) is 1. The van der Waals surface area contributed by atoms with Crippen molar-refractivity contribution in [3.05, 3.63) is 36.0 Å². The Hall–Kier alpha value is -4.70. The molecular formula is C28H43N9O7. The molecule has 4 unspecified atom stereocenters. The van der Waals surface area contributed by atoms with E-state index in [4.69, 9.17) is 28.0 Å². The number of fused-ring (bicyclic) bond motifs is 1. The number of unbranched alkanes of at least 4 members (excludes halogenated alkanes) is 1. The van der Waals surface area contributed by atoms with Crippen LogP contribution >= 0.6 is 0 Å². The monoisotopic (exact) mass is 617 g/mol. The zero-order valence-electron chi connectivity index (χ0n) is 24.5. The van der Waals surface area contributed by atoms with Crippen LogP contribution in [0.25, 0.3) is 10.9 Å². The SMILES string of the molecule is NCCCCC(NC(=O)C(N)Cc1c[nH]c2ccccc12)C(=O)NC(CCCN=C(N)N)C(=O)NC(CCC(=O)O)C(=O)O. The molecule has 3 amide bonds. The fraction of sp³-hybridized carbons (Fsp3) is 0.500. The number of aliphatic imine (C=N–C) groups is 1. The smallest absolute Gasteiger partial charge is 0.326 e. The van der Waals surface area contributed by atoms with Gasteiger partial charge in [-0.1, -0.05) is 18.2 Å². The summed E-state index contributed by atoms with van der Waals surface area (Å²) in [7, 11) is 0. The van der Waals surface area contributed by atoms with E-state index < -0.39 is 60.2 Å². The number of carbonyl (C=O) groups is 5. The molecule has 2 aromatic rings. The lowest BCUT2D eigenvalue weighted by atomic mass is 10.0. The molecule has 0 spiro atoms. The number of benzene rings is 1. The van der Waals surface area contributed by atoms with E-state index in [1.54, 1.807) is 6.20 Å². The van der Waals surface area contributed by atoms with Crippen molar-refractivity contribution in [2.24, 2.45) is 27.9 Å². The second-order valence-electron chi connectivity index (χ2n) is 10.4. The van der Waals surface area contributed by atoms with E-state index in [0.29, 0.717) is 19.4 Å². The second-order valence-corrected chi connectivity index (χ2v) is 10.4. The first kappa shape index (κ1) is 35.5. The highest BCUT2D eigenvalue weighted by Crippen LogP contribution is 2.19. The largest absolute Gasteiger partial charge is 0.481 e. The lowest BCUT2D eigenvalue weighted by Gasteiger charge is -2.25. The maximum absolute atomic E-state index is 13.4. The first-order valence-corrected chi connectivity index (χ1v) is 14.3. The molecule has 4 atom stereocenters. The topological polar surface area (TPSA) is 294 Å². The minimum Gasteiger partial charge on any atom is -0.481 e. The number of H-pyrrole nitrogens is 1. The lowest BCUT2D eigenvalue weighted by Crippen LogP contribution is -2.57. The minimum absolute atomic E-state index is 0.0170. The Labute approximate surface area is 254 Å². The first-order valence-electron chi connectivity index (χ1n) is 14.3. The summed E-state index contributed by atoms with van der Waals surface area (Å²) in [6, 6.07) is 2.77. The highest BCUT2D eigenvalue weighted by Gasteiger charge is 2.30. The van der Waals surface area contributed by atoms with Gasteiger partial charge in [0.1, 0.15) is 18.1 Å². The molecule has 2 rings (SSSR count). The van der Waals surface area contributed by atoms with E-state index >= 15 is 0 Å². The number of para-hydroxylation sites is 1. The fourth-order valence-electron chi connectivity index (χ4n) is 4.51. The van der Waals surface area contributed by atoms with Crippen LogP contribution in [0.15, 0.2) is 35.5 Å². The van der Waals surface area contributed by atoms with Crippen LogP contribution < -0.4 is 38.9 Å². The van der Waals surface area contributed by atoms with E-state index in [0.717, 1.165) is 16.5 Å². The number of aromatic amines is 1. The van der Waals surface area contributed by atoms with Crippen LogP contribution in [0.5, 0.6) is 0 Å². The summed E-state index contributed by atoms with van der Waals surface area (Å²) < 4.78 is 0. The van der Waals surface area contributed by atoms with Crippen molar-refractivity contribution in [3.8, 4) is 0 Å². The third-order valence-electron chi connectivity index (χ3n) is 6.87. The van der Waals surface area contributed by atoms with Gasteiger partial charge < -0.3 is 54.1 Å². The van der Waals surface area contributed by atoms with Gasteiger partial charge in [-0.05, 0) is 63.1 Å². The quantitative estimate of drug-likeness (QED) is 0.0469. The average molecular weight is 618 g/mol. The van der Waals surface area contributed by atoms with Gasteiger partial charge in [0, 0.05) is 30.1 Å². The van der Waals surface area contributed by atoms with Crippen molar-refractivity contribution in [2.75, 3.05) is 13.1 Å².